The van der Waals surface area contributed by atoms with Crippen molar-refractivity contribution in [2.75, 3.05) is 53.4 Å². The summed E-state index contributed by atoms with van der Waals surface area (Å²) in [6, 6.07) is 15.3. The van der Waals surface area contributed by atoms with Crippen LogP contribution in [0.2, 0.25) is 0 Å². The largest absolute Gasteiger partial charge is 0.477 e. The third-order valence-electron chi connectivity index (χ3n) is 5.35. The summed E-state index contributed by atoms with van der Waals surface area (Å²) in [5, 5.41) is 13.9. The third-order valence-corrected chi connectivity index (χ3v) is 5.35. The van der Waals surface area contributed by atoms with Crippen molar-refractivity contribution in [3.05, 3.63) is 60.3 Å². The van der Waals surface area contributed by atoms with Crippen LogP contribution in [-0.2, 0) is 9.47 Å². The fourth-order valence-corrected chi connectivity index (χ4v) is 3.64. The van der Waals surface area contributed by atoms with E-state index in [1.807, 2.05) is 48.5 Å². The van der Waals surface area contributed by atoms with Crippen LogP contribution in [0.1, 0.15) is 10.4 Å². The topological polar surface area (TPSA) is 95.3 Å². The molecule has 2 heterocycles. The van der Waals surface area contributed by atoms with Crippen molar-refractivity contribution in [2.45, 2.75) is 0 Å². The molecule has 0 radical (unpaired) electrons. The van der Waals surface area contributed by atoms with E-state index < -0.39 is 5.97 Å². The highest BCUT2D eigenvalue weighted by Crippen LogP contribution is 2.31. The van der Waals surface area contributed by atoms with Crippen molar-refractivity contribution in [2.24, 2.45) is 0 Å². The molecule has 0 unspecified atom stereocenters. The predicted molar refractivity (Wildman–Crippen MR) is 121 cm³/mol. The number of hydrogen-bond donors (Lipinski definition) is 1. The second-order valence-electron chi connectivity index (χ2n) is 7.48. The Morgan fingerprint density at radius 3 is 2.58 bits per heavy atom. The number of methoxy groups -OCH3 is 1. The first-order valence-electron chi connectivity index (χ1n) is 10.7. The van der Waals surface area contributed by atoms with Gasteiger partial charge < -0.3 is 24.1 Å². The van der Waals surface area contributed by atoms with E-state index in [9.17, 15) is 9.90 Å². The molecule has 1 aliphatic rings. The molecule has 0 amide bonds. The lowest BCUT2D eigenvalue weighted by Crippen LogP contribution is -2.38. The van der Waals surface area contributed by atoms with Crippen molar-refractivity contribution in [1.82, 2.24) is 14.7 Å². The van der Waals surface area contributed by atoms with Gasteiger partial charge in [0.2, 0.25) is 5.88 Å². The Hall–Kier alpha value is -3.40. The van der Waals surface area contributed by atoms with Crippen molar-refractivity contribution in [3.63, 3.8) is 0 Å². The normalized spacial score (nSPS) is 14.2. The molecule has 0 spiro atoms. The average Bonchev–Trinajstić information content (AvgIpc) is 3.28. The molecule has 1 aromatic heterocycles. The van der Waals surface area contributed by atoms with Gasteiger partial charge in [0.1, 0.15) is 17.9 Å². The first kappa shape index (κ1) is 22.8. The minimum Gasteiger partial charge on any atom is -0.477 e. The lowest BCUT2D eigenvalue weighted by atomic mass is 10.0. The maximum atomic E-state index is 11.7. The summed E-state index contributed by atoms with van der Waals surface area (Å²) in [7, 11) is 1.58. The summed E-state index contributed by atoms with van der Waals surface area (Å²) in [5.74, 6) is -0.151. The van der Waals surface area contributed by atoms with E-state index in [0.717, 1.165) is 24.2 Å². The van der Waals surface area contributed by atoms with Gasteiger partial charge in [0.15, 0.2) is 6.79 Å². The van der Waals surface area contributed by atoms with E-state index in [1.165, 1.54) is 10.9 Å². The van der Waals surface area contributed by atoms with Crippen molar-refractivity contribution < 1.29 is 28.8 Å². The van der Waals surface area contributed by atoms with Crippen LogP contribution in [0.3, 0.4) is 0 Å². The molecule has 0 aliphatic carbocycles. The third kappa shape index (κ3) is 5.51. The van der Waals surface area contributed by atoms with Gasteiger partial charge in [-0.25, -0.2) is 9.48 Å². The Morgan fingerprint density at radius 1 is 1.09 bits per heavy atom. The Balaban J connectivity index is 1.53. The molecule has 0 bridgehead atoms. The zero-order valence-electron chi connectivity index (χ0n) is 18.5. The lowest BCUT2D eigenvalue weighted by Gasteiger charge is -2.26. The Bertz CT molecular complexity index is 1060. The van der Waals surface area contributed by atoms with E-state index in [1.54, 1.807) is 7.11 Å². The number of carboxylic acid groups (broad SMARTS) is 1. The van der Waals surface area contributed by atoms with Crippen LogP contribution < -0.4 is 9.47 Å². The Kier molecular flexibility index (Phi) is 7.56. The highest BCUT2D eigenvalue weighted by molar-refractivity contribution is 5.90. The van der Waals surface area contributed by atoms with Gasteiger partial charge in [0.05, 0.1) is 25.1 Å². The Labute approximate surface area is 192 Å². The zero-order chi connectivity index (χ0) is 23.0. The van der Waals surface area contributed by atoms with Crippen LogP contribution in [0, 0.1) is 0 Å². The van der Waals surface area contributed by atoms with E-state index in [2.05, 4.69) is 10.00 Å². The van der Waals surface area contributed by atoms with Crippen LogP contribution in [0.15, 0.2) is 54.7 Å². The molecule has 1 N–H and O–H groups in total. The lowest BCUT2D eigenvalue weighted by molar-refractivity contribution is 0.0317. The maximum absolute atomic E-state index is 11.7. The summed E-state index contributed by atoms with van der Waals surface area (Å²) in [6.07, 6.45) is 1.31. The molecular weight excluding hydrogens is 426 g/mol. The predicted octanol–water partition coefficient (Wildman–Crippen LogP) is 2.93. The Morgan fingerprint density at radius 2 is 1.85 bits per heavy atom. The first-order valence-corrected chi connectivity index (χ1v) is 10.7. The molecular formula is C24H27N3O6. The summed E-state index contributed by atoms with van der Waals surface area (Å²) >= 11 is 0. The molecule has 33 heavy (non-hydrogen) atoms. The van der Waals surface area contributed by atoms with Gasteiger partial charge in [-0.15, -0.1) is 0 Å². The van der Waals surface area contributed by atoms with Crippen molar-refractivity contribution in [1.29, 1.82) is 0 Å². The number of aromatic nitrogens is 2. The van der Waals surface area contributed by atoms with Gasteiger partial charge in [0, 0.05) is 32.3 Å². The van der Waals surface area contributed by atoms with Gasteiger partial charge >= 0.3 is 5.97 Å². The fourth-order valence-electron chi connectivity index (χ4n) is 3.64. The minimum absolute atomic E-state index is 0.0272. The molecule has 0 saturated carbocycles. The molecule has 3 aromatic rings. The van der Waals surface area contributed by atoms with Gasteiger partial charge in [-0.05, 0) is 23.8 Å². The molecule has 174 valence electrons. The van der Waals surface area contributed by atoms with Gasteiger partial charge in [-0.2, -0.15) is 5.10 Å². The van der Waals surface area contributed by atoms with Crippen LogP contribution in [0.5, 0.6) is 11.6 Å². The first-order chi connectivity index (χ1) is 16.2. The van der Waals surface area contributed by atoms with Crippen LogP contribution in [0.4, 0.5) is 0 Å². The van der Waals surface area contributed by atoms with E-state index in [-0.39, 0.29) is 18.2 Å². The van der Waals surface area contributed by atoms with E-state index >= 15 is 0 Å². The number of morpholine rings is 1. The number of aromatic carboxylic acids is 1. The minimum atomic E-state index is -1.08. The standard InChI is InChI=1S/C24H27N3O6/c1-30-17-33-22-5-3-2-4-20(22)18-6-8-19(9-7-18)27-23(21(16-25-27)24(28)29)32-15-12-26-10-13-31-14-11-26/h2-9,16H,10-15,17H2,1H3,(H,28,29). The number of nitrogens with zero attached hydrogens (tertiary/aromatic N) is 3. The molecule has 1 fully saturated rings. The monoisotopic (exact) mass is 453 g/mol. The maximum Gasteiger partial charge on any atom is 0.342 e. The second kappa shape index (κ2) is 11.0. The van der Waals surface area contributed by atoms with Gasteiger partial charge in [-0.3, -0.25) is 4.90 Å². The van der Waals surface area contributed by atoms with Crippen LogP contribution in [0.25, 0.3) is 16.8 Å². The summed E-state index contributed by atoms with van der Waals surface area (Å²) < 4.78 is 23.5. The highest BCUT2D eigenvalue weighted by Gasteiger charge is 2.20. The highest BCUT2D eigenvalue weighted by atomic mass is 16.7. The number of ether oxygens (including phenoxy) is 4. The number of carboxylic acids is 1. The molecule has 4 rings (SSSR count). The average molecular weight is 453 g/mol. The van der Waals surface area contributed by atoms with E-state index in [4.69, 9.17) is 18.9 Å². The molecule has 9 nitrogen and oxygen atoms in total. The number of benzene rings is 2. The van der Waals surface area contributed by atoms with Gasteiger partial charge in [-0.1, -0.05) is 30.3 Å². The molecule has 0 atom stereocenters. The van der Waals surface area contributed by atoms with Crippen LogP contribution >= 0.6 is 0 Å². The van der Waals surface area contributed by atoms with Crippen molar-refractivity contribution >= 4 is 5.97 Å². The quantitative estimate of drug-likeness (QED) is 0.468. The summed E-state index contributed by atoms with van der Waals surface area (Å²) in [6.45, 7) is 4.27. The smallest absolute Gasteiger partial charge is 0.342 e. The number of hydrogen-bond acceptors (Lipinski definition) is 7. The summed E-state index contributed by atoms with van der Waals surface area (Å²) in [4.78, 5) is 13.9. The number of carbonyl (C=O) groups is 1. The number of para-hydroxylation sites is 1. The number of rotatable bonds is 10. The molecule has 9 heteroatoms. The molecule has 1 saturated heterocycles. The van der Waals surface area contributed by atoms with Crippen molar-refractivity contribution in [3.8, 4) is 28.4 Å². The fraction of sp³-hybridized carbons (Fsp3) is 0.333. The molecule has 2 aromatic carbocycles. The zero-order valence-corrected chi connectivity index (χ0v) is 18.5. The summed E-state index contributed by atoms with van der Waals surface area (Å²) in [5.41, 5.74) is 2.60. The van der Waals surface area contributed by atoms with Gasteiger partial charge in [0.25, 0.3) is 0 Å². The SMILES string of the molecule is COCOc1ccccc1-c1ccc(-n2ncc(C(=O)O)c2OCCN2CCOCC2)cc1. The van der Waals surface area contributed by atoms with E-state index in [0.29, 0.717) is 37.8 Å². The molecule has 1 aliphatic heterocycles. The van der Waals surface area contributed by atoms with Crippen LogP contribution in [-0.4, -0.2) is 79.1 Å². The second-order valence-corrected chi connectivity index (χ2v) is 7.48.